The molecule has 4 nitrogen and oxygen atoms in total. The van der Waals surface area contributed by atoms with Crippen molar-refractivity contribution in [3.05, 3.63) is 65.4 Å². The van der Waals surface area contributed by atoms with Crippen molar-refractivity contribution in [2.45, 2.75) is 39.7 Å². The number of carbonyl (C=O) groups excluding carboxylic acids is 1. The monoisotopic (exact) mass is 351 g/mol. The number of fused-ring (bicyclic) bond motifs is 1. The molecule has 26 heavy (non-hydrogen) atoms. The predicted molar refractivity (Wildman–Crippen MR) is 103 cm³/mol. The molecule has 0 saturated heterocycles. The lowest BCUT2D eigenvalue weighted by Gasteiger charge is -2.08. The van der Waals surface area contributed by atoms with Crippen molar-refractivity contribution in [3.63, 3.8) is 0 Å². The molecule has 3 rings (SSSR count). The first-order valence-electron chi connectivity index (χ1n) is 9.06. The SMILES string of the molecule is CCOc1ccc(CCc2ccc3oc(C(C)NC(C)=O)cc3c2)cc1. The van der Waals surface area contributed by atoms with E-state index in [1.54, 1.807) is 0 Å². The van der Waals surface area contributed by atoms with Gasteiger partial charge in [-0.25, -0.2) is 0 Å². The van der Waals surface area contributed by atoms with Gasteiger partial charge in [-0.15, -0.1) is 0 Å². The fourth-order valence-corrected chi connectivity index (χ4v) is 3.07. The number of aryl methyl sites for hydroxylation is 2. The number of hydrogen-bond acceptors (Lipinski definition) is 3. The highest BCUT2D eigenvalue weighted by atomic mass is 16.5. The highest BCUT2D eigenvalue weighted by molar-refractivity contribution is 5.79. The lowest BCUT2D eigenvalue weighted by Crippen LogP contribution is -2.23. The summed E-state index contributed by atoms with van der Waals surface area (Å²) in [7, 11) is 0. The fourth-order valence-electron chi connectivity index (χ4n) is 3.07. The highest BCUT2D eigenvalue weighted by Crippen LogP contribution is 2.25. The molecule has 0 aliphatic carbocycles. The van der Waals surface area contributed by atoms with Gasteiger partial charge in [0.25, 0.3) is 0 Å². The summed E-state index contributed by atoms with van der Waals surface area (Å²) < 4.78 is 11.3. The van der Waals surface area contributed by atoms with Crippen molar-refractivity contribution >= 4 is 16.9 Å². The zero-order valence-corrected chi connectivity index (χ0v) is 15.5. The first-order chi connectivity index (χ1) is 12.5. The van der Waals surface area contributed by atoms with Gasteiger partial charge < -0.3 is 14.5 Å². The van der Waals surface area contributed by atoms with Crippen LogP contribution in [0.3, 0.4) is 0 Å². The largest absolute Gasteiger partial charge is 0.494 e. The molecule has 0 fully saturated rings. The zero-order valence-electron chi connectivity index (χ0n) is 15.5. The second-order valence-electron chi connectivity index (χ2n) is 6.52. The minimum Gasteiger partial charge on any atom is -0.494 e. The molecule has 2 aromatic carbocycles. The van der Waals surface area contributed by atoms with E-state index in [0.717, 1.165) is 35.3 Å². The zero-order chi connectivity index (χ0) is 18.5. The van der Waals surface area contributed by atoms with E-state index in [9.17, 15) is 4.79 Å². The summed E-state index contributed by atoms with van der Waals surface area (Å²) in [5.74, 6) is 1.63. The predicted octanol–water partition coefficient (Wildman–Crippen LogP) is 4.81. The number of furan rings is 1. The van der Waals surface area contributed by atoms with Crippen molar-refractivity contribution in [1.82, 2.24) is 5.32 Å². The summed E-state index contributed by atoms with van der Waals surface area (Å²) in [5.41, 5.74) is 3.41. The van der Waals surface area contributed by atoms with Gasteiger partial charge in [0, 0.05) is 12.3 Å². The quantitative estimate of drug-likeness (QED) is 0.664. The summed E-state index contributed by atoms with van der Waals surface area (Å²) in [4.78, 5) is 11.2. The van der Waals surface area contributed by atoms with Gasteiger partial charge >= 0.3 is 0 Å². The standard InChI is InChI=1S/C22H25NO3/c1-4-25-20-10-7-17(8-11-20)5-6-18-9-12-21-19(13-18)14-22(26-21)15(2)23-16(3)24/h7-15H,4-6H2,1-3H3,(H,23,24). The molecule has 1 N–H and O–H groups in total. The Labute approximate surface area is 154 Å². The van der Waals surface area contributed by atoms with E-state index in [1.807, 2.05) is 38.1 Å². The summed E-state index contributed by atoms with van der Waals surface area (Å²) in [6, 6.07) is 16.4. The molecular weight excluding hydrogens is 326 g/mol. The van der Waals surface area contributed by atoms with Crippen LogP contribution in [0.4, 0.5) is 0 Å². The van der Waals surface area contributed by atoms with Gasteiger partial charge in [-0.1, -0.05) is 18.2 Å². The average molecular weight is 351 g/mol. The van der Waals surface area contributed by atoms with Crippen LogP contribution in [-0.4, -0.2) is 12.5 Å². The van der Waals surface area contributed by atoms with Crippen molar-refractivity contribution in [2.75, 3.05) is 6.61 Å². The molecule has 136 valence electrons. The molecule has 0 saturated carbocycles. The smallest absolute Gasteiger partial charge is 0.217 e. The second kappa shape index (κ2) is 8.09. The summed E-state index contributed by atoms with van der Waals surface area (Å²) >= 11 is 0. The second-order valence-corrected chi connectivity index (χ2v) is 6.52. The maximum Gasteiger partial charge on any atom is 0.217 e. The minimum atomic E-state index is -0.132. The van der Waals surface area contributed by atoms with E-state index in [4.69, 9.17) is 9.15 Å². The fraction of sp³-hybridized carbons (Fsp3) is 0.318. The molecule has 1 unspecified atom stereocenters. The molecule has 0 aliphatic heterocycles. The van der Waals surface area contributed by atoms with Crippen LogP contribution >= 0.6 is 0 Å². The molecule has 1 heterocycles. The van der Waals surface area contributed by atoms with E-state index in [1.165, 1.54) is 18.1 Å². The number of carbonyl (C=O) groups is 1. The molecule has 1 atom stereocenters. The van der Waals surface area contributed by atoms with Crippen LogP contribution < -0.4 is 10.1 Å². The summed E-state index contributed by atoms with van der Waals surface area (Å²) in [6.07, 6.45) is 1.94. The van der Waals surface area contributed by atoms with Crippen molar-refractivity contribution in [2.24, 2.45) is 0 Å². The third kappa shape index (κ3) is 4.45. The number of amides is 1. The summed E-state index contributed by atoms with van der Waals surface area (Å²) in [5, 5.41) is 3.92. The molecule has 0 spiro atoms. The van der Waals surface area contributed by atoms with Gasteiger partial charge in [0.1, 0.15) is 17.1 Å². The lowest BCUT2D eigenvalue weighted by atomic mass is 10.0. The van der Waals surface area contributed by atoms with Crippen LogP contribution in [-0.2, 0) is 17.6 Å². The molecular formula is C22H25NO3. The number of nitrogens with one attached hydrogen (secondary N) is 1. The van der Waals surface area contributed by atoms with E-state index in [2.05, 4.69) is 29.6 Å². The van der Waals surface area contributed by atoms with E-state index >= 15 is 0 Å². The molecule has 0 aliphatic rings. The Morgan fingerprint density at radius 2 is 1.77 bits per heavy atom. The van der Waals surface area contributed by atoms with Crippen LogP contribution in [0.15, 0.2) is 52.9 Å². The van der Waals surface area contributed by atoms with Gasteiger partial charge in [0.15, 0.2) is 0 Å². The Balaban J connectivity index is 1.67. The van der Waals surface area contributed by atoms with Crippen LogP contribution in [0.25, 0.3) is 11.0 Å². The lowest BCUT2D eigenvalue weighted by molar-refractivity contribution is -0.119. The molecule has 4 heteroatoms. The first-order valence-corrected chi connectivity index (χ1v) is 9.06. The van der Waals surface area contributed by atoms with Gasteiger partial charge in [0.2, 0.25) is 5.91 Å². The van der Waals surface area contributed by atoms with E-state index in [-0.39, 0.29) is 11.9 Å². The Bertz CT molecular complexity index is 880. The van der Waals surface area contributed by atoms with Crippen molar-refractivity contribution in [1.29, 1.82) is 0 Å². The molecule has 1 aromatic heterocycles. The first kappa shape index (κ1) is 18.1. The van der Waals surface area contributed by atoms with Gasteiger partial charge in [-0.3, -0.25) is 4.79 Å². The highest BCUT2D eigenvalue weighted by Gasteiger charge is 2.12. The van der Waals surface area contributed by atoms with Crippen molar-refractivity contribution in [3.8, 4) is 5.75 Å². The van der Waals surface area contributed by atoms with Gasteiger partial charge in [-0.2, -0.15) is 0 Å². The maximum absolute atomic E-state index is 11.2. The molecule has 1 amide bonds. The number of rotatable bonds is 7. The Morgan fingerprint density at radius 1 is 1.08 bits per heavy atom. The number of ether oxygens (including phenoxy) is 1. The molecule has 0 radical (unpaired) electrons. The minimum absolute atomic E-state index is 0.0611. The maximum atomic E-state index is 11.2. The third-order valence-corrected chi connectivity index (χ3v) is 4.38. The topological polar surface area (TPSA) is 51.5 Å². The van der Waals surface area contributed by atoms with Crippen LogP contribution in [0.5, 0.6) is 5.75 Å². The normalized spacial score (nSPS) is 12.1. The Morgan fingerprint density at radius 3 is 2.46 bits per heavy atom. The van der Waals surface area contributed by atoms with Crippen LogP contribution in [0.1, 0.15) is 43.7 Å². The molecule has 3 aromatic rings. The van der Waals surface area contributed by atoms with Crippen LogP contribution in [0.2, 0.25) is 0 Å². The molecule has 0 bridgehead atoms. The number of benzene rings is 2. The van der Waals surface area contributed by atoms with Gasteiger partial charge in [-0.05, 0) is 68.1 Å². The average Bonchev–Trinajstić information content (AvgIpc) is 3.04. The number of hydrogen-bond donors (Lipinski definition) is 1. The Hall–Kier alpha value is -2.75. The van der Waals surface area contributed by atoms with E-state index < -0.39 is 0 Å². The Kier molecular flexibility index (Phi) is 5.61. The van der Waals surface area contributed by atoms with E-state index in [0.29, 0.717) is 6.61 Å². The van der Waals surface area contributed by atoms with Gasteiger partial charge in [0.05, 0.1) is 12.6 Å². The summed E-state index contributed by atoms with van der Waals surface area (Å²) in [6.45, 7) is 6.11. The third-order valence-electron chi connectivity index (χ3n) is 4.38. The van der Waals surface area contributed by atoms with Crippen molar-refractivity contribution < 1.29 is 13.9 Å². The van der Waals surface area contributed by atoms with Crippen LogP contribution in [0, 0.1) is 0 Å².